The van der Waals surface area contributed by atoms with Gasteiger partial charge in [-0.2, -0.15) is 0 Å². The third-order valence-electron chi connectivity index (χ3n) is 8.29. The van der Waals surface area contributed by atoms with Gasteiger partial charge >= 0.3 is 12.1 Å². The molecule has 0 fully saturated rings. The van der Waals surface area contributed by atoms with Crippen molar-refractivity contribution >= 4 is 18.0 Å². The molecule has 0 spiro atoms. The highest BCUT2D eigenvalue weighted by atomic mass is 16.5. The lowest BCUT2D eigenvalue weighted by molar-refractivity contribution is -0.125. The van der Waals surface area contributed by atoms with Crippen LogP contribution < -0.4 is 21.3 Å². The molecule has 272 valence electrons. The molecular formula is C39H50N6O6. The summed E-state index contributed by atoms with van der Waals surface area (Å²) in [6, 6.07) is 24.7. The van der Waals surface area contributed by atoms with Crippen LogP contribution in [0.2, 0.25) is 0 Å². The van der Waals surface area contributed by atoms with Crippen molar-refractivity contribution in [3.05, 3.63) is 126 Å². The Morgan fingerprint density at radius 1 is 0.843 bits per heavy atom. The number of urea groups is 1. The van der Waals surface area contributed by atoms with E-state index in [1.54, 1.807) is 19.2 Å². The number of rotatable bonds is 17. The van der Waals surface area contributed by atoms with E-state index in [1.807, 2.05) is 107 Å². The van der Waals surface area contributed by atoms with Crippen LogP contribution in [0.15, 0.2) is 102 Å². The zero-order valence-corrected chi connectivity index (χ0v) is 29.9. The number of amides is 4. The Balaban J connectivity index is 1.54. The van der Waals surface area contributed by atoms with Crippen LogP contribution in [0.25, 0.3) is 0 Å². The third-order valence-corrected chi connectivity index (χ3v) is 8.29. The van der Waals surface area contributed by atoms with Gasteiger partial charge < -0.3 is 40.4 Å². The predicted octanol–water partition coefficient (Wildman–Crippen LogP) is 5.27. The number of nitrogens with one attached hydrogen (secondary N) is 4. The lowest BCUT2D eigenvalue weighted by Crippen LogP contribution is -2.60. The second-order valence-electron chi connectivity index (χ2n) is 13.2. The normalized spacial score (nSPS) is 13.6. The molecule has 0 saturated heterocycles. The van der Waals surface area contributed by atoms with Crippen molar-refractivity contribution in [2.24, 2.45) is 5.92 Å². The molecule has 0 radical (unpaired) electrons. The Kier molecular flexibility index (Phi) is 14.6. The summed E-state index contributed by atoms with van der Waals surface area (Å²) in [5, 5.41) is 23.7. The van der Waals surface area contributed by atoms with Gasteiger partial charge in [-0.3, -0.25) is 4.79 Å². The quantitative estimate of drug-likeness (QED) is 0.0999. The molecule has 0 aliphatic rings. The molecule has 0 bridgehead atoms. The Morgan fingerprint density at radius 3 is 2.04 bits per heavy atom. The predicted molar refractivity (Wildman–Crippen MR) is 194 cm³/mol. The fourth-order valence-corrected chi connectivity index (χ4v) is 5.43. The molecule has 4 atom stereocenters. The zero-order valence-electron chi connectivity index (χ0n) is 29.9. The van der Waals surface area contributed by atoms with E-state index in [2.05, 4.69) is 26.3 Å². The van der Waals surface area contributed by atoms with Crippen LogP contribution in [-0.2, 0) is 29.2 Å². The van der Waals surface area contributed by atoms with Crippen molar-refractivity contribution in [2.45, 2.75) is 77.5 Å². The van der Waals surface area contributed by atoms with E-state index < -0.39 is 42.3 Å². The third kappa shape index (κ3) is 12.0. The molecule has 5 N–H and O–H groups in total. The van der Waals surface area contributed by atoms with E-state index >= 15 is 0 Å². The van der Waals surface area contributed by atoms with Crippen LogP contribution in [0.5, 0.6) is 0 Å². The summed E-state index contributed by atoms with van der Waals surface area (Å²) >= 11 is 0. The van der Waals surface area contributed by atoms with Gasteiger partial charge in [0.15, 0.2) is 5.89 Å². The molecule has 12 heteroatoms. The highest BCUT2D eigenvalue weighted by molar-refractivity contribution is 5.87. The first-order valence-electron chi connectivity index (χ1n) is 17.2. The average Bonchev–Trinajstić information content (AvgIpc) is 3.61. The molecule has 12 nitrogen and oxygen atoms in total. The number of benzene rings is 3. The van der Waals surface area contributed by atoms with Crippen molar-refractivity contribution in [3.8, 4) is 0 Å². The van der Waals surface area contributed by atoms with E-state index in [9.17, 15) is 19.5 Å². The second kappa shape index (κ2) is 19.3. The van der Waals surface area contributed by atoms with E-state index in [1.165, 1.54) is 11.2 Å². The molecule has 4 aromatic rings. The molecule has 0 aliphatic heterocycles. The van der Waals surface area contributed by atoms with Crippen molar-refractivity contribution in [3.63, 3.8) is 0 Å². The van der Waals surface area contributed by atoms with E-state index in [4.69, 9.17) is 9.15 Å². The van der Waals surface area contributed by atoms with Gasteiger partial charge in [0.2, 0.25) is 5.91 Å². The van der Waals surface area contributed by atoms with Gasteiger partial charge in [0.1, 0.15) is 18.9 Å². The van der Waals surface area contributed by atoms with Crippen LogP contribution in [0.3, 0.4) is 0 Å². The summed E-state index contributed by atoms with van der Waals surface area (Å²) in [6.07, 6.45) is -0.378. The Bertz CT molecular complexity index is 1650. The number of carbonyl (C=O) groups is 3. The van der Waals surface area contributed by atoms with Gasteiger partial charge in [-0.1, -0.05) is 119 Å². The molecule has 51 heavy (non-hydrogen) atoms. The Labute approximate surface area is 300 Å². The maximum absolute atomic E-state index is 14.1. The summed E-state index contributed by atoms with van der Waals surface area (Å²) in [5.74, 6) is -0.173. The van der Waals surface area contributed by atoms with Crippen molar-refractivity contribution in [1.29, 1.82) is 0 Å². The summed E-state index contributed by atoms with van der Waals surface area (Å²) in [5.41, 5.74) is 3.05. The lowest BCUT2D eigenvalue weighted by Gasteiger charge is -2.34. The lowest BCUT2D eigenvalue weighted by atomic mass is 9.93. The van der Waals surface area contributed by atoms with Crippen LogP contribution in [0.4, 0.5) is 9.59 Å². The van der Waals surface area contributed by atoms with Crippen molar-refractivity contribution in [1.82, 2.24) is 31.2 Å². The summed E-state index contributed by atoms with van der Waals surface area (Å²) in [7, 11) is 1.61. The van der Waals surface area contributed by atoms with Gasteiger partial charge in [0.25, 0.3) is 0 Å². The van der Waals surface area contributed by atoms with Crippen molar-refractivity contribution < 1.29 is 28.6 Å². The number of hydrogen-bond acceptors (Lipinski definition) is 8. The number of carbonyl (C=O) groups excluding carboxylic acids is 3. The standard InChI is InChI=1S/C39H50N6O6/c1-26(2)33(43-38(48)45(5)23-31-25-50-37(41-31)27(3)4)36(47)42-35(32(46)22-40-21-28-15-9-6-10-16-28)34(30-19-13-8-14-20-30)44-39(49)51-24-29-17-11-7-12-18-29/h6-20,25-27,32-35,40,46H,21-24H2,1-5H3,(H,42,47)(H,43,48)(H,44,49)/t32-,33-,34?,35+/m0/s1. The van der Waals surface area contributed by atoms with Gasteiger partial charge in [0, 0.05) is 26.1 Å². The number of nitrogens with zero attached hydrogens (tertiary/aromatic N) is 2. The number of aliphatic hydroxyl groups is 1. The molecule has 4 rings (SSSR count). The zero-order chi connectivity index (χ0) is 36.8. The van der Waals surface area contributed by atoms with Gasteiger partial charge in [-0.15, -0.1) is 0 Å². The first kappa shape index (κ1) is 38.6. The molecule has 1 unspecified atom stereocenters. The number of alkyl carbamates (subject to hydrolysis) is 1. The maximum Gasteiger partial charge on any atom is 0.408 e. The SMILES string of the molecule is CC(C)c1nc(CN(C)C(=O)N[C@H](C(=O)N[C@@H](C(NC(=O)OCc2ccccc2)c2ccccc2)[C@@H](O)CNCc2ccccc2)C(C)C)co1. The summed E-state index contributed by atoms with van der Waals surface area (Å²) in [6.45, 7) is 8.34. The number of hydrogen-bond donors (Lipinski definition) is 5. The molecule has 0 saturated carbocycles. The molecule has 1 aromatic heterocycles. The van der Waals surface area contributed by atoms with Crippen LogP contribution in [0, 0.1) is 5.92 Å². The highest BCUT2D eigenvalue weighted by Gasteiger charge is 2.36. The Hall–Kier alpha value is -5.20. The minimum Gasteiger partial charge on any atom is -0.448 e. The van der Waals surface area contributed by atoms with Gasteiger partial charge in [-0.25, -0.2) is 14.6 Å². The Morgan fingerprint density at radius 2 is 1.45 bits per heavy atom. The molecular weight excluding hydrogens is 648 g/mol. The fraction of sp³-hybridized carbons (Fsp3) is 0.385. The molecule has 1 heterocycles. The monoisotopic (exact) mass is 698 g/mol. The van der Waals surface area contributed by atoms with Gasteiger partial charge in [0.05, 0.1) is 30.4 Å². The summed E-state index contributed by atoms with van der Waals surface area (Å²) in [4.78, 5) is 46.5. The first-order chi connectivity index (χ1) is 24.5. The number of oxazole rings is 1. The molecule has 0 aliphatic carbocycles. The molecule has 3 aromatic carbocycles. The van der Waals surface area contributed by atoms with Gasteiger partial charge in [-0.05, 0) is 22.6 Å². The summed E-state index contributed by atoms with van der Waals surface area (Å²) < 4.78 is 11.1. The van der Waals surface area contributed by atoms with Crippen LogP contribution in [-0.4, -0.2) is 64.8 Å². The first-order valence-corrected chi connectivity index (χ1v) is 17.2. The minimum absolute atomic E-state index is 0.0362. The fourth-order valence-electron chi connectivity index (χ4n) is 5.43. The minimum atomic E-state index is -1.18. The topological polar surface area (TPSA) is 158 Å². The molecule has 4 amide bonds. The maximum atomic E-state index is 14.1. The van der Waals surface area contributed by atoms with Crippen LogP contribution in [0.1, 0.15) is 67.9 Å². The average molecular weight is 699 g/mol. The number of ether oxygens (including phenoxy) is 1. The van der Waals surface area contributed by atoms with Crippen LogP contribution >= 0.6 is 0 Å². The van der Waals surface area contributed by atoms with E-state index in [-0.39, 0.29) is 31.5 Å². The van der Waals surface area contributed by atoms with E-state index in [0.29, 0.717) is 23.7 Å². The largest absolute Gasteiger partial charge is 0.448 e. The van der Waals surface area contributed by atoms with Crippen molar-refractivity contribution in [2.75, 3.05) is 13.6 Å². The second-order valence-corrected chi connectivity index (χ2v) is 13.2. The smallest absolute Gasteiger partial charge is 0.408 e. The van der Waals surface area contributed by atoms with E-state index in [0.717, 1.165) is 11.1 Å². The highest BCUT2D eigenvalue weighted by Crippen LogP contribution is 2.21. The number of aromatic nitrogens is 1. The number of aliphatic hydroxyl groups excluding tert-OH is 1.